The van der Waals surface area contributed by atoms with Gasteiger partial charge in [-0.15, -0.1) is 0 Å². The maximum absolute atomic E-state index is 6.10. The van der Waals surface area contributed by atoms with Gasteiger partial charge in [0.2, 0.25) is 11.7 Å². The highest BCUT2D eigenvalue weighted by molar-refractivity contribution is 6.33. The second-order valence-electron chi connectivity index (χ2n) is 4.44. The van der Waals surface area contributed by atoms with Gasteiger partial charge in [-0.05, 0) is 31.5 Å². The van der Waals surface area contributed by atoms with E-state index in [1.165, 1.54) is 0 Å². The average Bonchev–Trinajstić information content (AvgIpc) is 2.88. The molecule has 5 heteroatoms. The normalized spacial score (nSPS) is 10.8. The number of unbranched alkanes of at least 4 members (excludes halogenated alkanes) is 3. The highest BCUT2D eigenvalue weighted by atomic mass is 35.5. The Kier molecular flexibility index (Phi) is 5.36. The third kappa shape index (κ3) is 4.04. The van der Waals surface area contributed by atoms with E-state index in [9.17, 15) is 0 Å². The van der Waals surface area contributed by atoms with E-state index in [0.29, 0.717) is 16.7 Å². The lowest BCUT2D eigenvalue weighted by molar-refractivity contribution is 0.374. The van der Waals surface area contributed by atoms with Crippen LogP contribution < -0.4 is 5.73 Å². The second-order valence-corrected chi connectivity index (χ2v) is 4.85. The molecular weight excluding hydrogens is 262 g/mol. The molecule has 1 aromatic carbocycles. The van der Waals surface area contributed by atoms with Crippen molar-refractivity contribution in [3.63, 3.8) is 0 Å². The molecule has 0 aliphatic rings. The van der Waals surface area contributed by atoms with Gasteiger partial charge in [-0.1, -0.05) is 41.7 Å². The highest BCUT2D eigenvalue weighted by Crippen LogP contribution is 2.25. The summed E-state index contributed by atoms with van der Waals surface area (Å²) in [7, 11) is 0. The Morgan fingerprint density at radius 3 is 2.68 bits per heavy atom. The number of benzene rings is 1. The minimum Gasteiger partial charge on any atom is -0.339 e. The smallest absolute Gasteiger partial charge is 0.226 e. The van der Waals surface area contributed by atoms with E-state index >= 15 is 0 Å². The summed E-state index contributed by atoms with van der Waals surface area (Å²) < 4.78 is 5.24. The lowest BCUT2D eigenvalue weighted by atomic mass is 10.1. The molecule has 2 aromatic rings. The minimum atomic E-state index is 0.558. The summed E-state index contributed by atoms with van der Waals surface area (Å²) in [6, 6.07) is 7.49. The molecule has 0 aliphatic carbocycles. The van der Waals surface area contributed by atoms with E-state index in [0.717, 1.165) is 44.2 Å². The Bertz CT molecular complexity index is 513. The molecule has 0 unspecified atom stereocenters. The van der Waals surface area contributed by atoms with E-state index in [-0.39, 0.29) is 0 Å². The summed E-state index contributed by atoms with van der Waals surface area (Å²) in [5.74, 6) is 1.23. The molecule has 0 saturated carbocycles. The number of hydrogen-bond donors (Lipinski definition) is 1. The van der Waals surface area contributed by atoms with Crippen molar-refractivity contribution in [1.82, 2.24) is 10.1 Å². The molecule has 0 bridgehead atoms. The summed E-state index contributed by atoms with van der Waals surface area (Å²) >= 11 is 6.10. The van der Waals surface area contributed by atoms with E-state index in [1.54, 1.807) is 0 Å². The average molecular weight is 280 g/mol. The number of nitrogens with two attached hydrogens (primary N) is 1. The number of hydrogen-bond acceptors (Lipinski definition) is 4. The van der Waals surface area contributed by atoms with Gasteiger partial charge < -0.3 is 10.3 Å². The zero-order valence-corrected chi connectivity index (χ0v) is 11.6. The van der Waals surface area contributed by atoms with Gasteiger partial charge in [0, 0.05) is 12.0 Å². The second kappa shape index (κ2) is 7.26. The Labute approximate surface area is 118 Å². The van der Waals surface area contributed by atoms with Crippen LogP contribution in [0.3, 0.4) is 0 Å². The summed E-state index contributed by atoms with van der Waals surface area (Å²) in [6.45, 7) is 0.761. The van der Waals surface area contributed by atoms with Gasteiger partial charge >= 0.3 is 0 Å². The molecule has 1 heterocycles. The molecule has 2 rings (SSSR count). The topological polar surface area (TPSA) is 64.9 Å². The number of halogens is 1. The van der Waals surface area contributed by atoms with Crippen LogP contribution in [0.15, 0.2) is 28.8 Å². The molecular formula is C14H18ClN3O. The molecule has 0 radical (unpaired) electrons. The van der Waals surface area contributed by atoms with E-state index in [4.69, 9.17) is 21.9 Å². The zero-order chi connectivity index (χ0) is 13.5. The molecule has 4 nitrogen and oxygen atoms in total. The van der Waals surface area contributed by atoms with Crippen LogP contribution in [0, 0.1) is 0 Å². The quantitative estimate of drug-likeness (QED) is 0.789. The molecule has 19 heavy (non-hydrogen) atoms. The van der Waals surface area contributed by atoms with Crippen LogP contribution in [0.25, 0.3) is 11.4 Å². The van der Waals surface area contributed by atoms with Crippen molar-refractivity contribution in [1.29, 1.82) is 0 Å². The van der Waals surface area contributed by atoms with Crippen molar-refractivity contribution in [2.24, 2.45) is 5.73 Å². The summed E-state index contributed by atoms with van der Waals surface area (Å²) in [5.41, 5.74) is 6.26. The van der Waals surface area contributed by atoms with E-state index < -0.39 is 0 Å². The number of nitrogens with zero attached hydrogens (tertiary/aromatic N) is 2. The Morgan fingerprint density at radius 1 is 1.11 bits per heavy atom. The van der Waals surface area contributed by atoms with E-state index in [2.05, 4.69) is 10.1 Å². The maximum atomic E-state index is 6.10. The van der Waals surface area contributed by atoms with Crippen molar-refractivity contribution < 1.29 is 4.52 Å². The van der Waals surface area contributed by atoms with Crippen LogP contribution in [0.4, 0.5) is 0 Å². The SMILES string of the molecule is NCCCCCCc1nc(-c2ccccc2Cl)no1. The first-order valence-electron chi connectivity index (χ1n) is 6.59. The molecule has 0 saturated heterocycles. The Morgan fingerprint density at radius 2 is 1.89 bits per heavy atom. The third-order valence-corrected chi connectivity index (χ3v) is 3.26. The lowest BCUT2D eigenvalue weighted by Gasteiger charge is -1.97. The first kappa shape index (κ1) is 14.0. The van der Waals surface area contributed by atoms with Crippen molar-refractivity contribution in [3.8, 4) is 11.4 Å². The molecule has 102 valence electrons. The summed E-state index contributed by atoms with van der Waals surface area (Å²) in [6.07, 6.45) is 5.23. The van der Waals surface area contributed by atoms with Gasteiger partial charge in [0.05, 0.1) is 5.02 Å². The van der Waals surface area contributed by atoms with Gasteiger partial charge in [0.15, 0.2) is 0 Å². The first-order valence-corrected chi connectivity index (χ1v) is 6.96. The van der Waals surface area contributed by atoms with Crippen LogP contribution in [-0.2, 0) is 6.42 Å². The summed E-state index contributed by atoms with van der Waals surface area (Å²) in [5, 5.41) is 4.61. The molecule has 0 spiro atoms. The molecule has 0 amide bonds. The van der Waals surface area contributed by atoms with Crippen LogP contribution >= 0.6 is 11.6 Å². The molecule has 2 N–H and O–H groups in total. The fraction of sp³-hybridized carbons (Fsp3) is 0.429. The third-order valence-electron chi connectivity index (χ3n) is 2.93. The lowest BCUT2D eigenvalue weighted by Crippen LogP contribution is -1.97. The number of aryl methyl sites for hydroxylation is 1. The standard InChI is InChI=1S/C14H18ClN3O/c15-12-8-5-4-7-11(12)14-17-13(19-18-14)9-3-1-2-6-10-16/h4-5,7-8H,1-3,6,9-10,16H2. The van der Waals surface area contributed by atoms with Gasteiger partial charge in [0.25, 0.3) is 0 Å². The van der Waals surface area contributed by atoms with Crippen molar-refractivity contribution >= 4 is 11.6 Å². The molecule has 0 aliphatic heterocycles. The predicted octanol–water partition coefficient (Wildman–Crippen LogP) is 3.45. The highest BCUT2D eigenvalue weighted by Gasteiger charge is 2.10. The van der Waals surface area contributed by atoms with Crippen LogP contribution in [-0.4, -0.2) is 16.7 Å². The fourth-order valence-electron chi connectivity index (χ4n) is 1.88. The van der Waals surface area contributed by atoms with E-state index in [1.807, 2.05) is 24.3 Å². The van der Waals surface area contributed by atoms with Crippen LogP contribution in [0.2, 0.25) is 5.02 Å². The number of rotatable bonds is 7. The zero-order valence-electron chi connectivity index (χ0n) is 10.8. The number of aromatic nitrogens is 2. The summed E-state index contributed by atoms with van der Waals surface area (Å²) in [4.78, 5) is 4.37. The predicted molar refractivity (Wildman–Crippen MR) is 76.0 cm³/mol. The Hall–Kier alpha value is -1.39. The van der Waals surface area contributed by atoms with Gasteiger partial charge in [0.1, 0.15) is 0 Å². The van der Waals surface area contributed by atoms with Crippen molar-refractivity contribution in [3.05, 3.63) is 35.2 Å². The molecule has 0 fully saturated rings. The monoisotopic (exact) mass is 279 g/mol. The van der Waals surface area contributed by atoms with Crippen LogP contribution in [0.1, 0.15) is 31.6 Å². The first-order chi connectivity index (χ1) is 9.31. The van der Waals surface area contributed by atoms with Gasteiger partial charge in [-0.2, -0.15) is 4.98 Å². The fourth-order valence-corrected chi connectivity index (χ4v) is 2.10. The molecule has 0 atom stereocenters. The van der Waals surface area contributed by atoms with Crippen LogP contribution in [0.5, 0.6) is 0 Å². The van der Waals surface area contributed by atoms with Crippen molar-refractivity contribution in [2.45, 2.75) is 32.1 Å². The van der Waals surface area contributed by atoms with Gasteiger partial charge in [-0.25, -0.2) is 0 Å². The van der Waals surface area contributed by atoms with Crippen molar-refractivity contribution in [2.75, 3.05) is 6.54 Å². The largest absolute Gasteiger partial charge is 0.339 e. The molecule has 1 aromatic heterocycles. The maximum Gasteiger partial charge on any atom is 0.226 e. The minimum absolute atomic E-state index is 0.558. The van der Waals surface area contributed by atoms with Gasteiger partial charge in [-0.3, -0.25) is 0 Å². The Balaban J connectivity index is 1.91.